The normalized spacial score (nSPS) is 10.9. The molecule has 0 aliphatic carbocycles. The lowest BCUT2D eigenvalue weighted by Crippen LogP contribution is -2.02. The van der Waals surface area contributed by atoms with Gasteiger partial charge in [-0.15, -0.1) is 0 Å². The van der Waals surface area contributed by atoms with Crippen LogP contribution >= 0.6 is 0 Å². The van der Waals surface area contributed by atoms with Gasteiger partial charge < -0.3 is 5.73 Å². The molecular formula is C21H18N6. The molecule has 6 heteroatoms. The second kappa shape index (κ2) is 6.54. The number of hydrogen-bond donors (Lipinski definition) is 1. The number of fused-ring (bicyclic) bond motifs is 1. The molecule has 3 heterocycles. The number of benzene rings is 1. The lowest BCUT2D eigenvalue weighted by atomic mass is 10.1. The Balaban J connectivity index is 2.07. The number of nitrogen functional groups attached to an aromatic ring is 1. The Bertz CT molecular complexity index is 1180. The van der Waals surface area contributed by atoms with Gasteiger partial charge in [-0.05, 0) is 54.8 Å². The molecule has 0 unspecified atom stereocenters. The second-order valence-corrected chi connectivity index (χ2v) is 6.34. The second-order valence-electron chi connectivity index (χ2n) is 6.34. The molecule has 2 N–H and O–H groups in total. The predicted octanol–water partition coefficient (Wildman–Crippen LogP) is 3.81. The molecule has 0 aliphatic heterocycles. The average molecular weight is 354 g/mol. The predicted molar refractivity (Wildman–Crippen MR) is 105 cm³/mol. The van der Waals surface area contributed by atoms with Crippen molar-refractivity contribution in [1.82, 2.24) is 19.5 Å². The van der Waals surface area contributed by atoms with Crippen LogP contribution in [0.25, 0.3) is 28.2 Å². The Morgan fingerprint density at radius 1 is 1.15 bits per heavy atom. The minimum atomic E-state index is 0.388. The van der Waals surface area contributed by atoms with E-state index in [0.717, 1.165) is 23.2 Å². The molecule has 0 bridgehead atoms. The van der Waals surface area contributed by atoms with Crippen molar-refractivity contribution in [3.8, 4) is 23.1 Å². The summed E-state index contributed by atoms with van der Waals surface area (Å²) in [5.74, 6) is 1.05. The smallest absolute Gasteiger partial charge is 0.166 e. The van der Waals surface area contributed by atoms with E-state index >= 15 is 0 Å². The summed E-state index contributed by atoms with van der Waals surface area (Å²) >= 11 is 0. The van der Waals surface area contributed by atoms with E-state index in [1.807, 2.05) is 41.8 Å². The molecule has 0 aliphatic rings. The Labute approximate surface area is 156 Å². The molecule has 27 heavy (non-hydrogen) atoms. The van der Waals surface area contributed by atoms with Gasteiger partial charge in [-0.1, -0.05) is 19.1 Å². The summed E-state index contributed by atoms with van der Waals surface area (Å²) in [6.45, 7) is 3.98. The summed E-state index contributed by atoms with van der Waals surface area (Å²) < 4.78 is 1.93. The zero-order chi connectivity index (χ0) is 19.0. The number of nitrogens with zero attached hydrogens (tertiary/aromatic N) is 5. The van der Waals surface area contributed by atoms with Crippen LogP contribution in [-0.4, -0.2) is 19.5 Å². The van der Waals surface area contributed by atoms with Crippen LogP contribution in [0.15, 0.2) is 48.7 Å². The number of aromatic nitrogens is 4. The van der Waals surface area contributed by atoms with Gasteiger partial charge in [-0.2, -0.15) is 5.26 Å². The number of aryl methyl sites for hydroxylation is 2. The number of hydrogen-bond acceptors (Lipinski definition) is 5. The fraction of sp³-hybridized carbons (Fsp3) is 0.143. The van der Waals surface area contributed by atoms with E-state index in [1.54, 1.807) is 6.20 Å². The molecule has 0 atom stereocenters. The van der Waals surface area contributed by atoms with Crippen LogP contribution in [0, 0.1) is 18.3 Å². The van der Waals surface area contributed by atoms with Crippen LogP contribution in [0.4, 0.5) is 5.82 Å². The number of rotatable bonds is 3. The number of nitrogens with two attached hydrogens (primary N) is 1. The molecule has 4 rings (SSSR count). The van der Waals surface area contributed by atoms with Crippen molar-refractivity contribution >= 4 is 17.0 Å². The molecule has 0 radical (unpaired) electrons. The van der Waals surface area contributed by atoms with Gasteiger partial charge in [0.1, 0.15) is 23.1 Å². The molecule has 6 nitrogen and oxygen atoms in total. The van der Waals surface area contributed by atoms with Crippen LogP contribution in [0.3, 0.4) is 0 Å². The molecule has 0 spiro atoms. The standard InChI is InChI=1S/C21H18N6/c1-3-14-6-8-15(9-7-14)27-20(16-5-4-10-24-19(16)23)25-17-11-13(2)18(12-22)26-21(17)27/h4-11H,3H2,1-2H3,(H2,23,24). The number of anilines is 1. The number of nitriles is 1. The highest BCUT2D eigenvalue weighted by Crippen LogP contribution is 2.31. The molecule has 4 aromatic rings. The minimum absolute atomic E-state index is 0.388. The molecule has 132 valence electrons. The highest BCUT2D eigenvalue weighted by Gasteiger charge is 2.19. The van der Waals surface area contributed by atoms with E-state index in [2.05, 4.69) is 35.1 Å². The topological polar surface area (TPSA) is 93.4 Å². The zero-order valence-electron chi connectivity index (χ0n) is 15.1. The van der Waals surface area contributed by atoms with Crippen LogP contribution in [0.5, 0.6) is 0 Å². The van der Waals surface area contributed by atoms with E-state index in [1.165, 1.54) is 5.56 Å². The first-order valence-corrected chi connectivity index (χ1v) is 8.72. The SMILES string of the molecule is CCc1ccc(-n2c(-c3cccnc3N)nc3cc(C)c(C#N)nc32)cc1. The molecule has 0 amide bonds. The molecular weight excluding hydrogens is 336 g/mol. The summed E-state index contributed by atoms with van der Waals surface area (Å²) in [4.78, 5) is 13.5. The first-order chi connectivity index (χ1) is 13.1. The van der Waals surface area contributed by atoms with E-state index in [0.29, 0.717) is 28.5 Å². The maximum Gasteiger partial charge on any atom is 0.166 e. The summed E-state index contributed by atoms with van der Waals surface area (Å²) in [7, 11) is 0. The van der Waals surface area contributed by atoms with E-state index in [-0.39, 0.29) is 0 Å². The first-order valence-electron chi connectivity index (χ1n) is 8.72. The molecule has 3 aromatic heterocycles. The lowest BCUT2D eigenvalue weighted by Gasteiger charge is -2.11. The van der Waals surface area contributed by atoms with Crippen LogP contribution in [-0.2, 0) is 6.42 Å². The average Bonchev–Trinajstić information content (AvgIpc) is 3.05. The number of imidazole rings is 1. The van der Waals surface area contributed by atoms with E-state index in [9.17, 15) is 5.26 Å². The van der Waals surface area contributed by atoms with Gasteiger partial charge in [-0.25, -0.2) is 15.0 Å². The third kappa shape index (κ3) is 2.79. The molecule has 0 fully saturated rings. The van der Waals surface area contributed by atoms with Crippen molar-refractivity contribution in [2.24, 2.45) is 0 Å². The summed E-state index contributed by atoms with van der Waals surface area (Å²) in [5.41, 5.74) is 11.5. The Kier molecular flexibility index (Phi) is 4.05. The molecule has 1 aromatic carbocycles. The Hall–Kier alpha value is -3.72. The van der Waals surface area contributed by atoms with Crippen LogP contribution in [0.2, 0.25) is 0 Å². The molecule has 0 saturated carbocycles. The quantitative estimate of drug-likeness (QED) is 0.604. The fourth-order valence-electron chi connectivity index (χ4n) is 3.13. The van der Waals surface area contributed by atoms with Crippen molar-refractivity contribution in [2.45, 2.75) is 20.3 Å². The third-order valence-corrected chi connectivity index (χ3v) is 4.61. The van der Waals surface area contributed by atoms with Crippen molar-refractivity contribution in [2.75, 3.05) is 5.73 Å². The summed E-state index contributed by atoms with van der Waals surface area (Å²) in [6, 6.07) is 16.0. The maximum atomic E-state index is 9.40. The van der Waals surface area contributed by atoms with Crippen molar-refractivity contribution in [1.29, 1.82) is 5.26 Å². The third-order valence-electron chi connectivity index (χ3n) is 4.61. The van der Waals surface area contributed by atoms with Crippen molar-refractivity contribution in [3.63, 3.8) is 0 Å². The molecule has 0 saturated heterocycles. The largest absolute Gasteiger partial charge is 0.383 e. The zero-order valence-corrected chi connectivity index (χ0v) is 15.1. The van der Waals surface area contributed by atoms with Crippen molar-refractivity contribution < 1.29 is 0 Å². The van der Waals surface area contributed by atoms with Gasteiger partial charge in [0, 0.05) is 11.9 Å². The Morgan fingerprint density at radius 2 is 1.93 bits per heavy atom. The van der Waals surface area contributed by atoms with E-state index < -0.39 is 0 Å². The van der Waals surface area contributed by atoms with Crippen molar-refractivity contribution in [3.05, 3.63) is 65.5 Å². The number of pyridine rings is 2. The first kappa shape index (κ1) is 16.7. The van der Waals surface area contributed by atoms with Gasteiger partial charge in [0.05, 0.1) is 5.56 Å². The van der Waals surface area contributed by atoms with Gasteiger partial charge in [0.2, 0.25) is 0 Å². The lowest BCUT2D eigenvalue weighted by molar-refractivity contribution is 1.06. The Morgan fingerprint density at radius 3 is 2.59 bits per heavy atom. The van der Waals surface area contributed by atoms with Gasteiger partial charge in [-0.3, -0.25) is 4.57 Å². The van der Waals surface area contributed by atoms with Gasteiger partial charge in [0.15, 0.2) is 11.5 Å². The maximum absolute atomic E-state index is 9.40. The van der Waals surface area contributed by atoms with Crippen LogP contribution < -0.4 is 5.73 Å². The highest BCUT2D eigenvalue weighted by atomic mass is 15.1. The van der Waals surface area contributed by atoms with Gasteiger partial charge in [0.25, 0.3) is 0 Å². The monoisotopic (exact) mass is 354 g/mol. The minimum Gasteiger partial charge on any atom is -0.383 e. The summed E-state index contributed by atoms with van der Waals surface area (Å²) in [6.07, 6.45) is 2.61. The van der Waals surface area contributed by atoms with Gasteiger partial charge >= 0.3 is 0 Å². The van der Waals surface area contributed by atoms with Crippen LogP contribution in [0.1, 0.15) is 23.7 Å². The summed E-state index contributed by atoms with van der Waals surface area (Å²) in [5, 5.41) is 9.40. The fourth-order valence-corrected chi connectivity index (χ4v) is 3.13. The van der Waals surface area contributed by atoms with E-state index in [4.69, 9.17) is 10.7 Å². The highest BCUT2D eigenvalue weighted by molar-refractivity contribution is 5.83.